The predicted octanol–water partition coefficient (Wildman–Crippen LogP) is 4.01. The molecular formula is C21H16F3N5O. The number of alkyl halides is 3. The van der Waals surface area contributed by atoms with Crippen LogP contribution in [0.2, 0.25) is 0 Å². The quantitative estimate of drug-likeness (QED) is 0.540. The van der Waals surface area contributed by atoms with Gasteiger partial charge in [0.2, 0.25) is 0 Å². The summed E-state index contributed by atoms with van der Waals surface area (Å²) < 4.78 is 40.9. The van der Waals surface area contributed by atoms with Crippen LogP contribution in [0.1, 0.15) is 21.6 Å². The number of carbonyl (C=O) groups is 1. The van der Waals surface area contributed by atoms with Gasteiger partial charge in [0.05, 0.1) is 11.4 Å². The highest BCUT2D eigenvalue weighted by molar-refractivity contribution is 5.94. The third kappa shape index (κ3) is 4.24. The lowest BCUT2D eigenvalue weighted by Gasteiger charge is -2.08. The number of nitrogens with one attached hydrogen (secondary N) is 1. The van der Waals surface area contributed by atoms with Crippen LogP contribution in [0.25, 0.3) is 11.4 Å². The van der Waals surface area contributed by atoms with E-state index in [9.17, 15) is 18.0 Å². The second-order valence-corrected chi connectivity index (χ2v) is 6.49. The fraction of sp³-hybridized carbons (Fsp3) is 0.0952. The van der Waals surface area contributed by atoms with Crippen molar-refractivity contribution in [2.75, 3.05) is 0 Å². The molecule has 9 heteroatoms. The summed E-state index contributed by atoms with van der Waals surface area (Å²) in [6.07, 6.45) is 0.265. The van der Waals surface area contributed by atoms with Crippen LogP contribution < -0.4 is 5.32 Å². The minimum absolute atomic E-state index is 0.283. The average molecular weight is 411 g/mol. The molecule has 0 aliphatic carbocycles. The highest BCUT2D eigenvalue weighted by atomic mass is 19.4. The van der Waals surface area contributed by atoms with E-state index in [0.29, 0.717) is 17.8 Å². The number of carbonyl (C=O) groups excluding carboxylic acids is 1. The molecule has 0 radical (unpaired) electrons. The van der Waals surface area contributed by atoms with Crippen molar-refractivity contribution in [3.8, 4) is 11.4 Å². The van der Waals surface area contributed by atoms with Gasteiger partial charge < -0.3 is 5.32 Å². The molecule has 2 aromatic heterocycles. The zero-order chi connectivity index (χ0) is 21.1. The highest BCUT2D eigenvalue weighted by Crippen LogP contribution is 2.27. The zero-order valence-electron chi connectivity index (χ0n) is 15.5. The van der Waals surface area contributed by atoms with Crippen molar-refractivity contribution in [2.24, 2.45) is 0 Å². The summed E-state index contributed by atoms with van der Waals surface area (Å²) in [4.78, 5) is 12.4. The summed E-state index contributed by atoms with van der Waals surface area (Å²) in [5.41, 5.74) is 1.69. The van der Waals surface area contributed by atoms with E-state index in [2.05, 4.69) is 15.5 Å². The normalized spacial score (nSPS) is 11.4. The summed E-state index contributed by atoms with van der Waals surface area (Å²) in [6.45, 7) is 0.341. The third-order valence-corrected chi connectivity index (χ3v) is 4.43. The van der Waals surface area contributed by atoms with Crippen molar-refractivity contribution in [3.63, 3.8) is 0 Å². The second-order valence-electron chi connectivity index (χ2n) is 6.49. The molecule has 2 aromatic carbocycles. The molecule has 0 unspecified atom stereocenters. The first-order chi connectivity index (χ1) is 14.4. The molecule has 0 spiro atoms. The molecule has 0 atom stereocenters. The van der Waals surface area contributed by atoms with E-state index in [1.165, 1.54) is 6.20 Å². The van der Waals surface area contributed by atoms with Gasteiger partial charge >= 0.3 is 6.18 Å². The Morgan fingerprint density at radius 3 is 2.17 bits per heavy atom. The van der Waals surface area contributed by atoms with Crippen molar-refractivity contribution in [2.45, 2.75) is 12.7 Å². The van der Waals surface area contributed by atoms with E-state index in [0.717, 1.165) is 22.0 Å². The van der Waals surface area contributed by atoms with Gasteiger partial charge in [-0.05, 0) is 54.1 Å². The van der Waals surface area contributed by atoms with Gasteiger partial charge in [0.15, 0.2) is 5.69 Å². The molecule has 1 N–H and O–H groups in total. The lowest BCUT2D eigenvalue weighted by Crippen LogP contribution is -2.22. The molecule has 0 fully saturated rings. The first-order valence-corrected chi connectivity index (χ1v) is 9.01. The van der Waals surface area contributed by atoms with Gasteiger partial charge in [-0.1, -0.05) is 12.1 Å². The maximum atomic E-state index is 12.7. The molecular weight excluding hydrogens is 395 g/mol. The second kappa shape index (κ2) is 7.86. The van der Waals surface area contributed by atoms with Gasteiger partial charge in [-0.2, -0.15) is 23.4 Å². The van der Waals surface area contributed by atoms with Crippen molar-refractivity contribution in [3.05, 3.63) is 96.1 Å². The van der Waals surface area contributed by atoms with Gasteiger partial charge in [-0.15, -0.1) is 0 Å². The molecule has 0 saturated heterocycles. The zero-order valence-corrected chi connectivity index (χ0v) is 15.5. The Morgan fingerprint density at radius 2 is 1.57 bits per heavy atom. The maximum Gasteiger partial charge on any atom is 0.435 e. The van der Waals surface area contributed by atoms with Crippen LogP contribution in [-0.4, -0.2) is 25.5 Å². The first-order valence-electron chi connectivity index (χ1n) is 9.01. The van der Waals surface area contributed by atoms with Gasteiger partial charge in [0.1, 0.15) is 0 Å². The van der Waals surface area contributed by atoms with E-state index in [-0.39, 0.29) is 5.91 Å². The van der Waals surface area contributed by atoms with Gasteiger partial charge in [0, 0.05) is 30.7 Å². The predicted molar refractivity (Wildman–Crippen MR) is 103 cm³/mol. The van der Waals surface area contributed by atoms with E-state index >= 15 is 0 Å². The van der Waals surface area contributed by atoms with Crippen molar-refractivity contribution in [1.82, 2.24) is 24.9 Å². The van der Waals surface area contributed by atoms with E-state index < -0.39 is 11.9 Å². The van der Waals surface area contributed by atoms with Crippen LogP contribution in [0.4, 0.5) is 13.2 Å². The SMILES string of the molecule is O=C(NCc1ccc(-n2cccn2)cc1)c1ccc(-n2ccc(C(F)(F)F)n2)cc1. The number of benzene rings is 2. The number of rotatable bonds is 5. The average Bonchev–Trinajstić information content (AvgIpc) is 3.44. The molecule has 0 saturated carbocycles. The van der Waals surface area contributed by atoms with Crippen LogP contribution in [-0.2, 0) is 12.7 Å². The summed E-state index contributed by atoms with van der Waals surface area (Å²) in [6, 6.07) is 16.5. The largest absolute Gasteiger partial charge is 0.435 e. The molecule has 6 nitrogen and oxygen atoms in total. The summed E-state index contributed by atoms with van der Waals surface area (Å²) in [5, 5.41) is 10.5. The molecule has 30 heavy (non-hydrogen) atoms. The number of hydrogen-bond acceptors (Lipinski definition) is 3. The molecule has 2 heterocycles. The molecule has 4 aromatic rings. The Balaban J connectivity index is 1.37. The van der Waals surface area contributed by atoms with Crippen LogP contribution in [0.5, 0.6) is 0 Å². The van der Waals surface area contributed by atoms with Crippen LogP contribution >= 0.6 is 0 Å². The number of aromatic nitrogens is 4. The third-order valence-electron chi connectivity index (χ3n) is 4.43. The maximum absolute atomic E-state index is 12.7. The van der Waals surface area contributed by atoms with E-state index in [4.69, 9.17) is 0 Å². The molecule has 4 rings (SSSR count). The number of nitrogens with zero attached hydrogens (tertiary/aromatic N) is 4. The van der Waals surface area contributed by atoms with Crippen LogP contribution in [0.15, 0.2) is 79.3 Å². The van der Waals surface area contributed by atoms with Crippen LogP contribution in [0, 0.1) is 0 Å². The lowest BCUT2D eigenvalue weighted by atomic mass is 10.1. The van der Waals surface area contributed by atoms with Crippen molar-refractivity contribution >= 4 is 5.91 Å². The summed E-state index contributed by atoms with van der Waals surface area (Å²) >= 11 is 0. The molecule has 152 valence electrons. The topological polar surface area (TPSA) is 64.7 Å². The lowest BCUT2D eigenvalue weighted by molar-refractivity contribution is -0.141. The molecule has 1 amide bonds. The molecule has 0 bridgehead atoms. The Hall–Kier alpha value is -3.88. The van der Waals surface area contributed by atoms with E-state index in [1.807, 2.05) is 36.5 Å². The Kier molecular flexibility index (Phi) is 5.09. The minimum atomic E-state index is -4.50. The smallest absolute Gasteiger partial charge is 0.348 e. The van der Waals surface area contributed by atoms with E-state index in [1.54, 1.807) is 35.1 Å². The summed E-state index contributed by atoms with van der Waals surface area (Å²) in [5.74, 6) is -0.283. The molecule has 0 aliphatic heterocycles. The fourth-order valence-electron chi connectivity index (χ4n) is 2.86. The Labute approximate surface area is 169 Å². The van der Waals surface area contributed by atoms with Crippen molar-refractivity contribution < 1.29 is 18.0 Å². The first kappa shape index (κ1) is 19.4. The van der Waals surface area contributed by atoms with Crippen LogP contribution in [0.3, 0.4) is 0 Å². The Bertz CT molecular complexity index is 1130. The monoisotopic (exact) mass is 411 g/mol. The fourth-order valence-corrected chi connectivity index (χ4v) is 2.86. The minimum Gasteiger partial charge on any atom is -0.348 e. The van der Waals surface area contributed by atoms with Gasteiger partial charge in [-0.25, -0.2) is 9.36 Å². The standard InChI is InChI=1S/C21H16F3N5O/c22-21(23,24)19-10-13-29(27-19)18-8-4-16(5-9-18)20(30)25-14-15-2-6-17(7-3-15)28-12-1-11-26-28/h1-13H,14H2,(H,25,30). The number of halogens is 3. The Morgan fingerprint density at radius 1 is 0.900 bits per heavy atom. The highest BCUT2D eigenvalue weighted by Gasteiger charge is 2.33. The van der Waals surface area contributed by atoms with Gasteiger partial charge in [-0.3, -0.25) is 4.79 Å². The van der Waals surface area contributed by atoms with Crippen molar-refractivity contribution in [1.29, 1.82) is 0 Å². The molecule has 0 aliphatic rings. The summed E-state index contributed by atoms with van der Waals surface area (Å²) in [7, 11) is 0. The van der Waals surface area contributed by atoms with Gasteiger partial charge in [0.25, 0.3) is 5.91 Å². The number of amides is 1. The number of hydrogen-bond donors (Lipinski definition) is 1.